The van der Waals surface area contributed by atoms with E-state index >= 15 is 0 Å². The van der Waals surface area contributed by atoms with Crippen LogP contribution in [-0.4, -0.2) is 17.9 Å². The molecule has 1 aromatic heterocycles. The minimum atomic E-state index is -0.276. The highest BCUT2D eigenvalue weighted by molar-refractivity contribution is 5.76. The van der Waals surface area contributed by atoms with Crippen LogP contribution in [0.2, 0.25) is 0 Å². The summed E-state index contributed by atoms with van der Waals surface area (Å²) < 4.78 is 18.9. The van der Waals surface area contributed by atoms with Crippen LogP contribution in [-0.2, 0) is 11.2 Å². The number of furan rings is 1. The third-order valence-electron chi connectivity index (χ3n) is 4.63. The highest BCUT2D eigenvalue weighted by Crippen LogP contribution is 2.23. The first kappa shape index (κ1) is 17.9. The number of benzene rings is 2. The summed E-state index contributed by atoms with van der Waals surface area (Å²) in [4.78, 5) is 14.2. The smallest absolute Gasteiger partial charge is 0.223 e. The fraction of sp³-hybridized carbons (Fsp3) is 0.227. The van der Waals surface area contributed by atoms with Crippen LogP contribution in [0.15, 0.2) is 71.1 Å². The Hall–Kier alpha value is -2.88. The van der Waals surface area contributed by atoms with E-state index in [1.165, 1.54) is 12.1 Å². The van der Waals surface area contributed by atoms with E-state index in [9.17, 15) is 9.18 Å². The van der Waals surface area contributed by atoms with E-state index < -0.39 is 0 Å². The van der Waals surface area contributed by atoms with E-state index in [0.29, 0.717) is 12.8 Å². The SMILES string of the molecule is CC(c1ccc(F)cc1)N(C)C(=O)CCc1ccc(-c2ccccc2)o1. The Labute approximate surface area is 153 Å². The number of rotatable bonds is 6. The second-order valence-corrected chi connectivity index (χ2v) is 6.36. The number of carbonyl (C=O) groups is 1. The van der Waals surface area contributed by atoms with Crippen molar-refractivity contribution in [3.8, 4) is 11.3 Å². The Morgan fingerprint density at radius 2 is 1.73 bits per heavy atom. The zero-order chi connectivity index (χ0) is 18.5. The van der Waals surface area contributed by atoms with E-state index in [4.69, 9.17) is 4.42 Å². The Kier molecular flexibility index (Phi) is 5.52. The molecule has 3 aromatic rings. The number of halogens is 1. The average molecular weight is 351 g/mol. The van der Waals surface area contributed by atoms with Crippen molar-refractivity contribution in [2.24, 2.45) is 0 Å². The van der Waals surface area contributed by atoms with Crippen LogP contribution >= 0.6 is 0 Å². The van der Waals surface area contributed by atoms with Crippen molar-refractivity contribution in [3.05, 3.63) is 83.9 Å². The van der Waals surface area contributed by atoms with Crippen molar-refractivity contribution >= 4 is 5.91 Å². The van der Waals surface area contributed by atoms with Crippen molar-refractivity contribution in [1.82, 2.24) is 4.90 Å². The van der Waals surface area contributed by atoms with Gasteiger partial charge in [0.05, 0.1) is 6.04 Å². The lowest BCUT2D eigenvalue weighted by atomic mass is 10.1. The van der Waals surface area contributed by atoms with E-state index in [1.807, 2.05) is 49.4 Å². The first-order valence-corrected chi connectivity index (χ1v) is 8.70. The van der Waals surface area contributed by atoms with Gasteiger partial charge in [-0.3, -0.25) is 4.79 Å². The highest BCUT2D eigenvalue weighted by Gasteiger charge is 2.18. The number of nitrogens with zero attached hydrogens (tertiary/aromatic N) is 1. The Morgan fingerprint density at radius 3 is 2.42 bits per heavy atom. The standard InChI is InChI=1S/C22H22FNO2/c1-16(17-8-10-19(23)11-9-17)24(2)22(25)15-13-20-12-14-21(26-20)18-6-4-3-5-7-18/h3-12,14,16H,13,15H2,1-2H3. The molecule has 0 N–H and O–H groups in total. The molecule has 3 rings (SSSR count). The van der Waals surface area contributed by atoms with Gasteiger partial charge < -0.3 is 9.32 Å². The van der Waals surface area contributed by atoms with E-state index in [0.717, 1.165) is 22.6 Å². The molecule has 0 saturated heterocycles. The monoisotopic (exact) mass is 351 g/mol. The molecule has 0 fully saturated rings. The summed E-state index contributed by atoms with van der Waals surface area (Å²) in [5.74, 6) is 1.35. The Morgan fingerprint density at radius 1 is 1.04 bits per heavy atom. The van der Waals surface area contributed by atoms with Gasteiger partial charge in [0.1, 0.15) is 17.3 Å². The van der Waals surface area contributed by atoms with Gasteiger partial charge in [-0.15, -0.1) is 0 Å². The fourth-order valence-electron chi connectivity index (χ4n) is 2.86. The quantitative estimate of drug-likeness (QED) is 0.609. The molecule has 0 aliphatic carbocycles. The molecule has 3 nitrogen and oxygen atoms in total. The van der Waals surface area contributed by atoms with Crippen LogP contribution in [0.3, 0.4) is 0 Å². The minimum Gasteiger partial charge on any atom is -0.461 e. The summed E-state index contributed by atoms with van der Waals surface area (Å²) in [5, 5.41) is 0. The Balaban J connectivity index is 1.58. The predicted octanol–water partition coefficient (Wildman–Crippen LogP) is 5.24. The Bertz CT molecular complexity index is 855. The van der Waals surface area contributed by atoms with Crippen molar-refractivity contribution in [1.29, 1.82) is 0 Å². The summed E-state index contributed by atoms with van der Waals surface area (Å²) in [7, 11) is 1.77. The molecule has 26 heavy (non-hydrogen) atoms. The molecule has 0 radical (unpaired) electrons. The zero-order valence-corrected chi connectivity index (χ0v) is 15.0. The topological polar surface area (TPSA) is 33.5 Å². The first-order chi connectivity index (χ1) is 12.5. The van der Waals surface area contributed by atoms with Gasteiger partial charge in [0.2, 0.25) is 5.91 Å². The van der Waals surface area contributed by atoms with Gasteiger partial charge in [0.25, 0.3) is 0 Å². The molecule has 0 spiro atoms. The largest absolute Gasteiger partial charge is 0.461 e. The summed E-state index contributed by atoms with van der Waals surface area (Å²) in [5.41, 5.74) is 1.93. The van der Waals surface area contributed by atoms with Gasteiger partial charge in [-0.1, -0.05) is 42.5 Å². The maximum Gasteiger partial charge on any atom is 0.223 e. The van der Waals surface area contributed by atoms with Crippen LogP contribution in [0.1, 0.15) is 30.7 Å². The van der Waals surface area contributed by atoms with Crippen LogP contribution in [0.4, 0.5) is 4.39 Å². The number of aryl methyl sites for hydroxylation is 1. The number of hydrogen-bond donors (Lipinski definition) is 0. The first-order valence-electron chi connectivity index (χ1n) is 8.70. The fourth-order valence-corrected chi connectivity index (χ4v) is 2.86. The summed E-state index contributed by atoms with van der Waals surface area (Å²) in [6.45, 7) is 1.94. The highest BCUT2D eigenvalue weighted by atomic mass is 19.1. The zero-order valence-electron chi connectivity index (χ0n) is 15.0. The van der Waals surface area contributed by atoms with E-state index in [2.05, 4.69) is 0 Å². The van der Waals surface area contributed by atoms with Crippen molar-refractivity contribution in [2.75, 3.05) is 7.05 Å². The van der Waals surface area contributed by atoms with E-state index in [1.54, 1.807) is 24.1 Å². The van der Waals surface area contributed by atoms with Gasteiger partial charge >= 0.3 is 0 Å². The van der Waals surface area contributed by atoms with Crippen molar-refractivity contribution in [3.63, 3.8) is 0 Å². The minimum absolute atomic E-state index is 0.0273. The maximum atomic E-state index is 13.1. The molecule has 1 amide bonds. The summed E-state index contributed by atoms with van der Waals surface area (Å²) in [6.07, 6.45) is 0.913. The van der Waals surface area contributed by atoms with Crippen molar-refractivity contribution in [2.45, 2.75) is 25.8 Å². The third-order valence-corrected chi connectivity index (χ3v) is 4.63. The normalized spacial score (nSPS) is 12.0. The molecule has 0 aliphatic rings. The predicted molar refractivity (Wildman–Crippen MR) is 100 cm³/mol. The number of carbonyl (C=O) groups excluding carboxylic acids is 1. The summed E-state index contributed by atoms with van der Waals surface area (Å²) in [6, 6.07) is 19.9. The lowest BCUT2D eigenvalue weighted by Gasteiger charge is -2.25. The molecule has 1 unspecified atom stereocenters. The van der Waals surface area contributed by atoms with Crippen LogP contribution < -0.4 is 0 Å². The van der Waals surface area contributed by atoms with Crippen molar-refractivity contribution < 1.29 is 13.6 Å². The lowest BCUT2D eigenvalue weighted by Crippen LogP contribution is -2.29. The van der Waals surface area contributed by atoms with Gasteiger partial charge in [-0.2, -0.15) is 0 Å². The molecule has 0 bridgehead atoms. The molecule has 0 aliphatic heterocycles. The van der Waals surface area contributed by atoms with Crippen LogP contribution in [0.25, 0.3) is 11.3 Å². The van der Waals surface area contributed by atoms with Gasteiger partial charge in [0, 0.05) is 25.5 Å². The molecule has 2 aromatic carbocycles. The lowest BCUT2D eigenvalue weighted by molar-refractivity contribution is -0.131. The van der Waals surface area contributed by atoms with Gasteiger partial charge in [-0.25, -0.2) is 4.39 Å². The maximum absolute atomic E-state index is 13.1. The summed E-state index contributed by atoms with van der Waals surface area (Å²) >= 11 is 0. The molecular formula is C22H22FNO2. The molecule has 0 saturated carbocycles. The van der Waals surface area contributed by atoms with Gasteiger partial charge in [-0.05, 0) is 36.8 Å². The number of amides is 1. The van der Waals surface area contributed by atoms with Crippen LogP contribution in [0.5, 0.6) is 0 Å². The second-order valence-electron chi connectivity index (χ2n) is 6.36. The third kappa shape index (κ3) is 4.20. The molecule has 1 heterocycles. The molecule has 1 atom stereocenters. The molecular weight excluding hydrogens is 329 g/mol. The molecule has 4 heteroatoms. The van der Waals surface area contributed by atoms with Gasteiger partial charge in [0.15, 0.2) is 0 Å². The van der Waals surface area contributed by atoms with E-state index in [-0.39, 0.29) is 17.8 Å². The second kappa shape index (κ2) is 8.00. The van der Waals surface area contributed by atoms with Crippen LogP contribution in [0, 0.1) is 5.82 Å². The molecule has 134 valence electrons. The average Bonchev–Trinajstić information content (AvgIpc) is 3.15. The number of hydrogen-bond acceptors (Lipinski definition) is 2.